The van der Waals surface area contributed by atoms with Gasteiger partial charge in [0.05, 0.1) is 16.9 Å². The van der Waals surface area contributed by atoms with Crippen LogP contribution in [0.3, 0.4) is 0 Å². The zero-order valence-electron chi connectivity index (χ0n) is 15.5. The lowest BCUT2D eigenvalue weighted by Crippen LogP contribution is -2.13. The summed E-state index contributed by atoms with van der Waals surface area (Å²) in [5.41, 5.74) is 19.5. The molecular formula is C22H22N6. The predicted molar refractivity (Wildman–Crippen MR) is 115 cm³/mol. The number of pyridine rings is 2. The first-order valence-corrected chi connectivity index (χ1v) is 9.31. The van der Waals surface area contributed by atoms with Gasteiger partial charge in [-0.15, -0.1) is 0 Å². The lowest BCUT2D eigenvalue weighted by atomic mass is 9.84. The monoisotopic (exact) mass is 370 g/mol. The van der Waals surface area contributed by atoms with E-state index < -0.39 is 0 Å². The van der Waals surface area contributed by atoms with E-state index in [-0.39, 0.29) is 0 Å². The summed E-state index contributed by atoms with van der Waals surface area (Å²) >= 11 is 0. The molecule has 0 saturated heterocycles. The number of allylic oxidation sites excluding steroid dienone is 1. The first kappa shape index (κ1) is 17.9. The zero-order valence-corrected chi connectivity index (χ0v) is 15.5. The van der Waals surface area contributed by atoms with Gasteiger partial charge in [0.15, 0.2) is 0 Å². The van der Waals surface area contributed by atoms with Crippen LogP contribution in [0, 0.1) is 10.8 Å². The number of anilines is 1. The van der Waals surface area contributed by atoms with Gasteiger partial charge in [-0.1, -0.05) is 0 Å². The van der Waals surface area contributed by atoms with E-state index in [1.807, 2.05) is 18.2 Å². The van der Waals surface area contributed by atoms with Gasteiger partial charge >= 0.3 is 0 Å². The number of fused-ring (bicyclic) bond motifs is 3. The maximum atomic E-state index is 8.04. The zero-order chi connectivity index (χ0) is 19.7. The van der Waals surface area contributed by atoms with E-state index in [2.05, 4.69) is 4.98 Å². The van der Waals surface area contributed by atoms with Crippen LogP contribution in [0.15, 0.2) is 36.7 Å². The second-order valence-electron chi connectivity index (χ2n) is 6.94. The molecule has 28 heavy (non-hydrogen) atoms. The van der Waals surface area contributed by atoms with Crippen LogP contribution < -0.4 is 11.5 Å². The maximum Gasteiger partial charge on any atom is 0.0780 e. The van der Waals surface area contributed by atoms with Crippen molar-refractivity contribution in [3.05, 3.63) is 64.6 Å². The summed E-state index contributed by atoms with van der Waals surface area (Å²) in [6, 6.07) is 7.38. The SMILES string of the molecule is N=CC(=C(N)c1cccnc1)c1nc2ccc(N)c(C=N)c2c2c1CCCC2. The smallest absolute Gasteiger partial charge is 0.0780 e. The number of hydrogen-bond donors (Lipinski definition) is 4. The highest BCUT2D eigenvalue weighted by Crippen LogP contribution is 2.36. The molecule has 6 nitrogen and oxygen atoms in total. The highest BCUT2D eigenvalue weighted by molar-refractivity contribution is 6.18. The molecule has 0 radical (unpaired) electrons. The number of nitrogens with two attached hydrogens (primary N) is 2. The topological polar surface area (TPSA) is 126 Å². The van der Waals surface area contributed by atoms with Crippen LogP contribution in [0.5, 0.6) is 0 Å². The molecule has 3 aromatic rings. The van der Waals surface area contributed by atoms with E-state index in [4.69, 9.17) is 27.3 Å². The number of nitrogens with one attached hydrogen (secondary N) is 2. The Balaban J connectivity index is 2.06. The standard InChI is InChI=1S/C22H22N6/c23-10-16-18(25)7-8-19-20(16)14-5-1-2-6-15(14)22(28-19)17(11-24)21(26)13-4-3-9-27-12-13/h3-4,7-12,23-24H,1-2,5-6,25-26H2. The second kappa shape index (κ2) is 7.23. The summed E-state index contributed by atoms with van der Waals surface area (Å²) in [6.07, 6.45) is 9.90. The van der Waals surface area contributed by atoms with Gasteiger partial charge in [-0.3, -0.25) is 4.98 Å². The van der Waals surface area contributed by atoms with Crippen LogP contribution in [0.25, 0.3) is 22.2 Å². The molecule has 0 aliphatic heterocycles. The molecule has 6 N–H and O–H groups in total. The summed E-state index contributed by atoms with van der Waals surface area (Å²) in [6.45, 7) is 0. The number of rotatable bonds is 4. The third-order valence-corrected chi connectivity index (χ3v) is 5.35. The molecule has 0 saturated carbocycles. The van der Waals surface area contributed by atoms with Crippen LogP contribution in [0.2, 0.25) is 0 Å². The molecule has 0 bridgehead atoms. The molecule has 1 aliphatic rings. The van der Waals surface area contributed by atoms with Crippen LogP contribution in [0.1, 0.15) is 40.8 Å². The first-order chi connectivity index (χ1) is 13.7. The van der Waals surface area contributed by atoms with Crippen molar-refractivity contribution < 1.29 is 0 Å². The van der Waals surface area contributed by atoms with Crippen LogP contribution in [-0.2, 0) is 12.8 Å². The highest BCUT2D eigenvalue weighted by Gasteiger charge is 2.23. The van der Waals surface area contributed by atoms with Crippen LogP contribution >= 0.6 is 0 Å². The molecule has 0 spiro atoms. The quantitative estimate of drug-likeness (QED) is 0.414. The average molecular weight is 370 g/mol. The van der Waals surface area contributed by atoms with Gasteiger partial charge in [0.2, 0.25) is 0 Å². The normalized spacial score (nSPS) is 14.3. The van der Waals surface area contributed by atoms with Crippen molar-refractivity contribution in [2.75, 3.05) is 5.73 Å². The second-order valence-corrected chi connectivity index (χ2v) is 6.94. The van der Waals surface area contributed by atoms with Crippen LogP contribution in [-0.4, -0.2) is 22.4 Å². The summed E-state index contributed by atoms with van der Waals surface area (Å²) in [5.74, 6) is 0. The average Bonchev–Trinajstić information content (AvgIpc) is 2.75. The predicted octanol–water partition coefficient (Wildman–Crippen LogP) is 3.57. The van der Waals surface area contributed by atoms with Crippen molar-refractivity contribution in [2.24, 2.45) is 5.73 Å². The number of hydrogen-bond acceptors (Lipinski definition) is 6. The Morgan fingerprint density at radius 2 is 1.86 bits per heavy atom. The fourth-order valence-electron chi connectivity index (χ4n) is 3.99. The van der Waals surface area contributed by atoms with Gasteiger partial charge in [-0.05, 0) is 61.1 Å². The fourth-order valence-corrected chi connectivity index (χ4v) is 3.99. The number of aryl methyl sites for hydroxylation is 1. The molecule has 140 valence electrons. The Hall–Kier alpha value is -3.54. The van der Waals surface area contributed by atoms with Crippen molar-refractivity contribution >= 4 is 40.3 Å². The number of nitrogens with zero attached hydrogens (tertiary/aromatic N) is 2. The molecular weight excluding hydrogens is 348 g/mol. The highest BCUT2D eigenvalue weighted by atomic mass is 14.7. The van der Waals surface area contributed by atoms with Gasteiger partial charge in [0, 0.05) is 52.6 Å². The molecule has 4 rings (SSSR count). The van der Waals surface area contributed by atoms with E-state index in [0.717, 1.165) is 59.0 Å². The Kier molecular flexibility index (Phi) is 4.61. The minimum Gasteiger partial charge on any atom is -0.398 e. The third kappa shape index (κ3) is 2.83. The van der Waals surface area contributed by atoms with Gasteiger partial charge in [-0.2, -0.15) is 0 Å². The van der Waals surface area contributed by atoms with E-state index in [9.17, 15) is 0 Å². The van der Waals surface area contributed by atoms with E-state index in [0.29, 0.717) is 17.0 Å². The third-order valence-electron chi connectivity index (χ3n) is 5.35. The largest absolute Gasteiger partial charge is 0.398 e. The summed E-state index contributed by atoms with van der Waals surface area (Å²) < 4.78 is 0. The number of benzene rings is 1. The van der Waals surface area contributed by atoms with Gasteiger partial charge in [0.25, 0.3) is 0 Å². The van der Waals surface area contributed by atoms with E-state index in [1.165, 1.54) is 18.0 Å². The first-order valence-electron chi connectivity index (χ1n) is 9.31. The Morgan fingerprint density at radius 3 is 2.54 bits per heavy atom. The molecule has 6 heteroatoms. The van der Waals surface area contributed by atoms with Crippen LogP contribution in [0.4, 0.5) is 5.69 Å². The van der Waals surface area contributed by atoms with Crippen molar-refractivity contribution in [2.45, 2.75) is 25.7 Å². The Bertz CT molecular complexity index is 1120. The molecule has 1 aromatic carbocycles. The minimum atomic E-state index is 0.491. The van der Waals surface area contributed by atoms with Crippen molar-refractivity contribution in [3.8, 4) is 0 Å². The molecule has 2 heterocycles. The van der Waals surface area contributed by atoms with Gasteiger partial charge < -0.3 is 22.3 Å². The molecule has 0 unspecified atom stereocenters. The number of aromatic nitrogens is 2. The summed E-state index contributed by atoms with van der Waals surface area (Å²) in [4.78, 5) is 9.02. The molecule has 2 aromatic heterocycles. The lowest BCUT2D eigenvalue weighted by molar-refractivity contribution is 0.686. The fraction of sp³-hybridized carbons (Fsp3) is 0.182. The van der Waals surface area contributed by atoms with E-state index in [1.54, 1.807) is 18.5 Å². The van der Waals surface area contributed by atoms with Crippen molar-refractivity contribution in [1.29, 1.82) is 10.8 Å². The minimum absolute atomic E-state index is 0.491. The Labute approximate surface area is 163 Å². The molecule has 1 aliphatic carbocycles. The van der Waals surface area contributed by atoms with Gasteiger partial charge in [-0.25, -0.2) is 4.98 Å². The molecule has 0 fully saturated rings. The number of nitrogen functional groups attached to an aromatic ring is 1. The maximum absolute atomic E-state index is 8.04. The van der Waals surface area contributed by atoms with Crippen molar-refractivity contribution in [1.82, 2.24) is 9.97 Å². The molecule has 0 atom stereocenters. The van der Waals surface area contributed by atoms with E-state index >= 15 is 0 Å². The van der Waals surface area contributed by atoms with Gasteiger partial charge in [0.1, 0.15) is 0 Å². The van der Waals surface area contributed by atoms with Crippen molar-refractivity contribution in [3.63, 3.8) is 0 Å². The summed E-state index contributed by atoms with van der Waals surface area (Å²) in [5, 5.41) is 16.8. The summed E-state index contributed by atoms with van der Waals surface area (Å²) in [7, 11) is 0. The Morgan fingerprint density at radius 1 is 1.07 bits per heavy atom. The molecule has 0 amide bonds. The lowest BCUT2D eigenvalue weighted by Gasteiger charge is -2.23.